The van der Waals surface area contributed by atoms with Gasteiger partial charge in [0.15, 0.2) is 17.2 Å². The molecule has 0 aliphatic rings. The molecule has 0 spiro atoms. The smallest absolute Gasteiger partial charge is 0.361 e. The van der Waals surface area contributed by atoms with Gasteiger partial charge in [0.2, 0.25) is 0 Å². The molecule has 2 aromatic rings. The largest absolute Gasteiger partial charge is 0.493 e. The zero-order valence-electron chi connectivity index (χ0n) is 14.1. The van der Waals surface area contributed by atoms with Crippen LogP contribution < -0.4 is 9.47 Å². The average molecular weight is 354 g/mol. The first-order valence-electron chi connectivity index (χ1n) is 7.64. The summed E-state index contributed by atoms with van der Waals surface area (Å²) in [6.45, 7) is 5.93. The lowest BCUT2D eigenvalue weighted by atomic mass is 10.1. The zero-order valence-corrected chi connectivity index (χ0v) is 14.8. The van der Waals surface area contributed by atoms with E-state index in [0.717, 1.165) is 6.42 Å². The molecule has 24 heavy (non-hydrogen) atoms. The highest BCUT2D eigenvalue weighted by Crippen LogP contribution is 2.40. The number of aromatic nitrogens is 3. The third kappa shape index (κ3) is 3.79. The van der Waals surface area contributed by atoms with Crippen LogP contribution in [0.25, 0.3) is 11.3 Å². The Morgan fingerprint density at radius 2 is 2.08 bits per heavy atom. The van der Waals surface area contributed by atoms with Gasteiger partial charge in [-0.15, -0.1) is 5.10 Å². The fourth-order valence-electron chi connectivity index (χ4n) is 2.03. The van der Waals surface area contributed by atoms with Crippen molar-refractivity contribution < 1.29 is 19.0 Å². The number of H-pyrrole nitrogens is 1. The van der Waals surface area contributed by atoms with Crippen molar-refractivity contribution in [2.45, 2.75) is 33.3 Å². The first-order chi connectivity index (χ1) is 11.5. The molecule has 0 bridgehead atoms. The first kappa shape index (κ1) is 18.1. The molecule has 1 aromatic carbocycles. The van der Waals surface area contributed by atoms with Gasteiger partial charge in [-0.1, -0.05) is 18.5 Å². The van der Waals surface area contributed by atoms with Crippen molar-refractivity contribution in [3.05, 3.63) is 22.8 Å². The predicted octanol–water partition coefficient (Wildman–Crippen LogP) is 3.49. The Labute approximate surface area is 145 Å². The number of nitrogens with one attached hydrogen (secondary N) is 1. The van der Waals surface area contributed by atoms with E-state index in [1.165, 1.54) is 7.11 Å². The van der Waals surface area contributed by atoms with Crippen molar-refractivity contribution in [3.63, 3.8) is 0 Å². The Balaban J connectivity index is 2.45. The van der Waals surface area contributed by atoms with Gasteiger partial charge >= 0.3 is 5.97 Å². The third-order valence-corrected chi connectivity index (χ3v) is 3.69. The summed E-state index contributed by atoms with van der Waals surface area (Å²) in [5, 5.41) is 10.7. The molecule has 0 amide bonds. The summed E-state index contributed by atoms with van der Waals surface area (Å²) in [7, 11) is 1.52. The second-order valence-corrected chi connectivity index (χ2v) is 5.47. The minimum Gasteiger partial charge on any atom is -0.493 e. The number of carbonyl (C=O) groups is 1. The SMILES string of the molecule is CCOC(=O)c1n[nH]nc1-c1cc(Cl)c(OC(C)CC)c(OC)c1. The summed E-state index contributed by atoms with van der Waals surface area (Å²) in [5.74, 6) is 0.352. The summed E-state index contributed by atoms with van der Waals surface area (Å²) in [5.41, 5.74) is 0.999. The fraction of sp³-hybridized carbons (Fsp3) is 0.438. The number of ether oxygens (including phenoxy) is 3. The van der Waals surface area contributed by atoms with Gasteiger partial charge < -0.3 is 14.2 Å². The molecule has 7 nitrogen and oxygen atoms in total. The van der Waals surface area contributed by atoms with Crippen LogP contribution in [0.2, 0.25) is 5.02 Å². The fourth-order valence-corrected chi connectivity index (χ4v) is 2.28. The summed E-state index contributed by atoms with van der Waals surface area (Å²) in [6.07, 6.45) is 0.821. The van der Waals surface area contributed by atoms with Crippen LogP contribution in [0, 0.1) is 0 Å². The number of rotatable bonds is 7. The number of nitrogens with zero attached hydrogens (tertiary/aromatic N) is 2. The van der Waals surface area contributed by atoms with Gasteiger partial charge in [-0.2, -0.15) is 10.3 Å². The number of benzene rings is 1. The van der Waals surface area contributed by atoms with E-state index >= 15 is 0 Å². The van der Waals surface area contributed by atoms with E-state index in [4.69, 9.17) is 25.8 Å². The molecule has 2 rings (SSSR count). The van der Waals surface area contributed by atoms with Crippen LogP contribution in [-0.2, 0) is 4.74 Å². The van der Waals surface area contributed by atoms with E-state index < -0.39 is 5.97 Å². The van der Waals surface area contributed by atoms with Gasteiger partial charge in [-0.05, 0) is 32.4 Å². The van der Waals surface area contributed by atoms with Crippen LogP contribution in [0.1, 0.15) is 37.7 Å². The van der Waals surface area contributed by atoms with E-state index in [1.807, 2.05) is 13.8 Å². The molecule has 8 heteroatoms. The van der Waals surface area contributed by atoms with Crippen LogP contribution in [-0.4, -0.2) is 41.2 Å². The Morgan fingerprint density at radius 3 is 2.71 bits per heavy atom. The van der Waals surface area contributed by atoms with Crippen molar-refractivity contribution in [1.82, 2.24) is 15.4 Å². The lowest BCUT2D eigenvalue weighted by Gasteiger charge is -2.17. The second kappa shape index (κ2) is 8.01. The maximum atomic E-state index is 12.0. The predicted molar refractivity (Wildman–Crippen MR) is 89.7 cm³/mol. The van der Waals surface area contributed by atoms with Crippen LogP contribution in [0.4, 0.5) is 0 Å². The zero-order chi connectivity index (χ0) is 17.7. The maximum Gasteiger partial charge on any atom is 0.361 e. The molecule has 0 saturated carbocycles. The van der Waals surface area contributed by atoms with Crippen molar-refractivity contribution in [1.29, 1.82) is 0 Å². The molecule has 1 N–H and O–H groups in total. The minimum atomic E-state index is -0.559. The van der Waals surface area contributed by atoms with Crippen LogP contribution in [0.5, 0.6) is 11.5 Å². The second-order valence-electron chi connectivity index (χ2n) is 5.07. The molecule has 1 unspecified atom stereocenters. The van der Waals surface area contributed by atoms with E-state index in [2.05, 4.69) is 15.4 Å². The van der Waals surface area contributed by atoms with Crippen molar-refractivity contribution in [2.75, 3.05) is 13.7 Å². The molecular weight excluding hydrogens is 334 g/mol. The van der Waals surface area contributed by atoms with E-state index in [1.54, 1.807) is 19.1 Å². The minimum absolute atomic E-state index is 0.00982. The molecule has 0 fully saturated rings. The van der Waals surface area contributed by atoms with Crippen molar-refractivity contribution in [3.8, 4) is 22.8 Å². The average Bonchev–Trinajstić information content (AvgIpc) is 3.06. The maximum absolute atomic E-state index is 12.0. The van der Waals surface area contributed by atoms with Crippen molar-refractivity contribution >= 4 is 17.6 Å². The molecule has 1 aromatic heterocycles. The lowest BCUT2D eigenvalue weighted by Crippen LogP contribution is -2.11. The Hall–Kier alpha value is -2.28. The Kier molecular flexibility index (Phi) is 6.03. The summed E-state index contributed by atoms with van der Waals surface area (Å²) < 4.78 is 16.2. The first-order valence-corrected chi connectivity index (χ1v) is 8.02. The van der Waals surface area contributed by atoms with Gasteiger partial charge in [0, 0.05) is 5.56 Å². The van der Waals surface area contributed by atoms with Gasteiger partial charge in [0.1, 0.15) is 5.69 Å². The number of hydrogen-bond acceptors (Lipinski definition) is 6. The molecule has 0 radical (unpaired) electrons. The summed E-state index contributed by atoms with van der Waals surface area (Å²) in [6, 6.07) is 3.35. The topological polar surface area (TPSA) is 86.3 Å². The monoisotopic (exact) mass is 353 g/mol. The molecular formula is C16H20ClN3O4. The van der Waals surface area contributed by atoms with Crippen LogP contribution >= 0.6 is 11.6 Å². The third-order valence-electron chi connectivity index (χ3n) is 3.41. The standard InChI is InChI=1S/C16H20ClN3O4/c1-5-9(3)24-15-11(17)7-10(8-12(15)22-4)13-14(19-20-18-13)16(21)23-6-2/h7-9H,5-6H2,1-4H3,(H,18,19,20). The Morgan fingerprint density at radius 1 is 1.33 bits per heavy atom. The number of carbonyl (C=O) groups excluding carboxylic acids is 1. The van der Waals surface area contributed by atoms with Gasteiger partial charge in [0.25, 0.3) is 0 Å². The van der Waals surface area contributed by atoms with Crippen molar-refractivity contribution in [2.24, 2.45) is 0 Å². The highest BCUT2D eigenvalue weighted by Gasteiger charge is 2.22. The number of halogens is 1. The van der Waals surface area contributed by atoms with E-state index in [-0.39, 0.29) is 18.4 Å². The molecule has 0 saturated heterocycles. The summed E-state index contributed by atoms with van der Waals surface area (Å²) >= 11 is 6.34. The van der Waals surface area contributed by atoms with Crippen LogP contribution in [0.3, 0.4) is 0 Å². The van der Waals surface area contributed by atoms with E-state index in [9.17, 15) is 4.79 Å². The van der Waals surface area contributed by atoms with Gasteiger partial charge in [0.05, 0.1) is 24.8 Å². The Bertz CT molecular complexity index is 717. The molecule has 0 aliphatic carbocycles. The molecule has 130 valence electrons. The van der Waals surface area contributed by atoms with Gasteiger partial charge in [-0.3, -0.25) is 0 Å². The number of esters is 1. The normalized spacial score (nSPS) is 11.9. The highest BCUT2D eigenvalue weighted by atomic mass is 35.5. The highest BCUT2D eigenvalue weighted by molar-refractivity contribution is 6.32. The molecule has 0 aliphatic heterocycles. The van der Waals surface area contributed by atoms with Gasteiger partial charge in [-0.25, -0.2) is 4.79 Å². The van der Waals surface area contributed by atoms with E-state index in [0.29, 0.717) is 27.8 Å². The molecule has 1 atom stereocenters. The van der Waals surface area contributed by atoms with Crippen LogP contribution in [0.15, 0.2) is 12.1 Å². The number of aromatic amines is 1. The summed E-state index contributed by atoms with van der Waals surface area (Å²) in [4.78, 5) is 12.0. The quantitative estimate of drug-likeness (QED) is 0.767. The molecule has 1 heterocycles. The lowest BCUT2D eigenvalue weighted by molar-refractivity contribution is 0.0520. The number of hydrogen-bond donors (Lipinski definition) is 1. The number of methoxy groups -OCH3 is 1.